The number of amides is 1. The number of hydrogen-bond acceptors (Lipinski definition) is 6. The molecule has 2 aliphatic rings. The molecule has 3 aromatic rings. The summed E-state index contributed by atoms with van der Waals surface area (Å²) in [4.78, 5) is 26.1. The fourth-order valence-electron chi connectivity index (χ4n) is 4.16. The Bertz CT molecular complexity index is 1070. The number of hydrogen-bond donors (Lipinski definition) is 0. The SMILES string of the molecule is CN(C)c1cncc(OC2CCN(C(=O)C3c4ccccc4Oc4ccccc43)C2)n1. The van der Waals surface area contributed by atoms with E-state index in [1.54, 1.807) is 12.4 Å². The molecular weight excluding hydrogens is 392 g/mol. The van der Waals surface area contributed by atoms with Crippen molar-refractivity contribution in [2.45, 2.75) is 18.4 Å². The maximum Gasteiger partial charge on any atom is 0.234 e. The number of rotatable bonds is 4. The fraction of sp³-hybridized carbons (Fsp3) is 0.292. The number of nitrogens with zero attached hydrogens (tertiary/aromatic N) is 4. The molecule has 1 saturated heterocycles. The molecule has 1 atom stereocenters. The van der Waals surface area contributed by atoms with Crippen LogP contribution in [-0.2, 0) is 4.79 Å². The Balaban J connectivity index is 1.36. The Labute approximate surface area is 181 Å². The zero-order valence-corrected chi connectivity index (χ0v) is 17.6. The summed E-state index contributed by atoms with van der Waals surface area (Å²) >= 11 is 0. The van der Waals surface area contributed by atoms with Crippen LogP contribution in [0.5, 0.6) is 17.4 Å². The van der Waals surface area contributed by atoms with Gasteiger partial charge in [-0.15, -0.1) is 0 Å². The van der Waals surface area contributed by atoms with Gasteiger partial charge in [-0.1, -0.05) is 36.4 Å². The summed E-state index contributed by atoms with van der Waals surface area (Å²) in [7, 11) is 3.82. The highest BCUT2D eigenvalue weighted by atomic mass is 16.5. The van der Waals surface area contributed by atoms with Gasteiger partial charge in [0.05, 0.1) is 24.9 Å². The molecule has 0 spiro atoms. The van der Waals surface area contributed by atoms with Crippen LogP contribution >= 0.6 is 0 Å². The summed E-state index contributed by atoms with van der Waals surface area (Å²) in [5.74, 6) is 2.38. The van der Waals surface area contributed by atoms with E-state index in [4.69, 9.17) is 9.47 Å². The van der Waals surface area contributed by atoms with Gasteiger partial charge in [-0.05, 0) is 12.1 Å². The summed E-state index contributed by atoms with van der Waals surface area (Å²) in [6, 6.07) is 15.5. The quantitative estimate of drug-likeness (QED) is 0.649. The molecule has 1 unspecified atom stereocenters. The summed E-state index contributed by atoms with van der Waals surface area (Å²) in [5, 5.41) is 0. The molecule has 5 rings (SSSR count). The zero-order valence-electron chi connectivity index (χ0n) is 17.6. The van der Waals surface area contributed by atoms with Gasteiger partial charge in [0, 0.05) is 38.2 Å². The van der Waals surface area contributed by atoms with Crippen molar-refractivity contribution in [3.05, 3.63) is 72.1 Å². The number of anilines is 1. The molecule has 1 fully saturated rings. The Morgan fingerprint density at radius 1 is 1.06 bits per heavy atom. The number of ether oxygens (including phenoxy) is 2. The molecule has 0 radical (unpaired) electrons. The van der Waals surface area contributed by atoms with Crippen LogP contribution in [0.25, 0.3) is 0 Å². The number of aromatic nitrogens is 2. The molecule has 3 heterocycles. The molecular formula is C24H24N4O3. The first-order valence-corrected chi connectivity index (χ1v) is 10.4. The minimum Gasteiger partial charge on any atom is -0.471 e. The summed E-state index contributed by atoms with van der Waals surface area (Å²) in [6.45, 7) is 1.17. The van der Waals surface area contributed by atoms with Crippen LogP contribution in [-0.4, -0.2) is 54.1 Å². The van der Waals surface area contributed by atoms with Crippen molar-refractivity contribution in [2.75, 3.05) is 32.1 Å². The average Bonchev–Trinajstić information content (AvgIpc) is 3.25. The molecule has 31 heavy (non-hydrogen) atoms. The number of fused-ring (bicyclic) bond motifs is 2. The first-order chi connectivity index (χ1) is 15.1. The molecule has 2 aromatic carbocycles. The molecule has 1 amide bonds. The maximum absolute atomic E-state index is 13.6. The van der Waals surface area contributed by atoms with E-state index < -0.39 is 0 Å². The topological polar surface area (TPSA) is 67.8 Å². The lowest BCUT2D eigenvalue weighted by Crippen LogP contribution is -2.36. The second-order valence-electron chi connectivity index (χ2n) is 8.03. The van der Waals surface area contributed by atoms with Gasteiger partial charge >= 0.3 is 0 Å². The number of likely N-dealkylation sites (tertiary alicyclic amines) is 1. The number of carbonyl (C=O) groups is 1. The van der Waals surface area contributed by atoms with E-state index in [-0.39, 0.29) is 17.9 Å². The van der Waals surface area contributed by atoms with Gasteiger partial charge in [-0.2, -0.15) is 4.98 Å². The van der Waals surface area contributed by atoms with Crippen LogP contribution in [0.1, 0.15) is 23.5 Å². The third kappa shape index (κ3) is 3.67. The lowest BCUT2D eigenvalue weighted by atomic mass is 9.87. The standard InChI is InChI=1S/C24H24N4O3/c1-27(2)21-13-25-14-22(26-21)30-16-11-12-28(15-16)24(29)23-17-7-3-5-9-19(17)31-20-10-6-4-8-18(20)23/h3-10,13-14,16,23H,11-12,15H2,1-2H3. The van der Waals surface area contributed by atoms with Crippen molar-refractivity contribution in [3.63, 3.8) is 0 Å². The predicted octanol–water partition coefficient (Wildman–Crippen LogP) is 3.46. The van der Waals surface area contributed by atoms with Crippen molar-refractivity contribution < 1.29 is 14.3 Å². The minimum absolute atomic E-state index is 0.0717. The monoisotopic (exact) mass is 416 g/mol. The average molecular weight is 416 g/mol. The first-order valence-electron chi connectivity index (χ1n) is 10.4. The number of carbonyl (C=O) groups excluding carboxylic acids is 1. The largest absolute Gasteiger partial charge is 0.471 e. The van der Waals surface area contributed by atoms with Gasteiger partial charge in [0.15, 0.2) is 5.82 Å². The van der Waals surface area contributed by atoms with E-state index in [1.807, 2.05) is 72.4 Å². The number of benzene rings is 2. The third-order valence-corrected chi connectivity index (χ3v) is 5.73. The highest BCUT2D eigenvalue weighted by Crippen LogP contribution is 2.45. The maximum atomic E-state index is 13.6. The second kappa shape index (κ2) is 7.91. The highest BCUT2D eigenvalue weighted by Gasteiger charge is 2.38. The van der Waals surface area contributed by atoms with Crippen LogP contribution in [0.2, 0.25) is 0 Å². The molecule has 0 bridgehead atoms. The van der Waals surface area contributed by atoms with Gasteiger partial charge < -0.3 is 19.3 Å². The van der Waals surface area contributed by atoms with E-state index in [0.29, 0.717) is 19.0 Å². The molecule has 0 N–H and O–H groups in total. The van der Waals surface area contributed by atoms with E-state index in [1.165, 1.54) is 0 Å². The lowest BCUT2D eigenvalue weighted by Gasteiger charge is -2.30. The van der Waals surface area contributed by atoms with Gasteiger partial charge in [-0.3, -0.25) is 9.78 Å². The summed E-state index contributed by atoms with van der Waals surface area (Å²) in [5.41, 5.74) is 1.81. The van der Waals surface area contributed by atoms with E-state index in [9.17, 15) is 4.79 Å². The van der Waals surface area contributed by atoms with E-state index in [2.05, 4.69) is 9.97 Å². The van der Waals surface area contributed by atoms with Gasteiger partial charge in [0.2, 0.25) is 11.8 Å². The summed E-state index contributed by atoms with van der Waals surface area (Å²) in [6.07, 6.45) is 3.95. The van der Waals surface area contributed by atoms with Gasteiger partial charge in [-0.25, -0.2) is 0 Å². The molecule has 2 aliphatic heterocycles. The molecule has 158 valence electrons. The van der Waals surface area contributed by atoms with E-state index >= 15 is 0 Å². The van der Waals surface area contributed by atoms with Crippen molar-refractivity contribution in [3.8, 4) is 17.4 Å². The zero-order chi connectivity index (χ0) is 21.4. The van der Waals surface area contributed by atoms with Crippen LogP contribution in [0.15, 0.2) is 60.9 Å². The van der Waals surface area contributed by atoms with Crippen LogP contribution in [0.4, 0.5) is 5.82 Å². The molecule has 7 heteroatoms. The highest BCUT2D eigenvalue weighted by molar-refractivity contribution is 5.90. The van der Waals surface area contributed by atoms with Crippen molar-refractivity contribution in [1.29, 1.82) is 0 Å². The molecule has 0 aliphatic carbocycles. The van der Waals surface area contributed by atoms with Crippen LogP contribution < -0.4 is 14.4 Å². The third-order valence-electron chi connectivity index (χ3n) is 5.73. The Kier molecular flexibility index (Phi) is 4.94. The fourth-order valence-corrected chi connectivity index (χ4v) is 4.16. The van der Waals surface area contributed by atoms with Gasteiger partial charge in [0.25, 0.3) is 0 Å². The Hall–Kier alpha value is -3.61. The lowest BCUT2D eigenvalue weighted by molar-refractivity contribution is -0.131. The second-order valence-corrected chi connectivity index (χ2v) is 8.03. The molecule has 1 aromatic heterocycles. The van der Waals surface area contributed by atoms with E-state index in [0.717, 1.165) is 34.9 Å². The Morgan fingerprint density at radius 3 is 2.42 bits per heavy atom. The molecule has 7 nitrogen and oxygen atoms in total. The van der Waals surface area contributed by atoms with Crippen molar-refractivity contribution in [2.24, 2.45) is 0 Å². The minimum atomic E-state index is -0.378. The van der Waals surface area contributed by atoms with Gasteiger partial charge in [0.1, 0.15) is 17.6 Å². The van der Waals surface area contributed by atoms with Crippen molar-refractivity contribution >= 4 is 11.7 Å². The Morgan fingerprint density at radius 2 is 1.74 bits per heavy atom. The number of para-hydroxylation sites is 2. The summed E-state index contributed by atoms with van der Waals surface area (Å²) < 4.78 is 12.1. The predicted molar refractivity (Wildman–Crippen MR) is 117 cm³/mol. The smallest absolute Gasteiger partial charge is 0.234 e. The van der Waals surface area contributed by atoms with Crippen molar-refractivity contribution in [1.82, 2.24) is 14.9 Å². The first kappa shape index (κ1) is 19.4. The normalized spacial score (nSPS) is 17.5. The van der Waals surface area contributed by atoms with Crippen LogP contribution in [0, 0.1) is 0 Å². The van der Waals surface area contributed by atoms with Crippen LogP contribution in [0.3, 0.4) is 0 Å². The molecule has 0 saturated carbocycles.